The van der Waals surface area contributed by atoms with Gasteiger partial charge in [0.25, 0.3) is 0 Å². The van der Waals surface area contributed by atoms with Gasteiger partial charge in [0.05, 0.1) is 12.6 Å². The van der Waals surface area contributed by atoms with Crippen LogP contribution >= 0.6 is 0 Å². The third-order valence-electron chi connectivity index (χ3n) is 3.38. The number of halogens is 2. The summed E-state index contributed by atoms with van der Waals surface area (Å²) in [6, 6.07) is 8.36. The van der Waals surface area contributed by atoms with Crippen LogP contribution in [0.2, 0.25) is 0 Å². The molecule has 0 spiro atoms. The molecule has 1 aliphatic heterocycles. The number of nitrogens with two attached hydrogens (primary N) is 1. The lowest BCUT2D eigenvalue weighted by Crippen LogP contribution is -2.15. The lowest BCUT2D eigenvalue weighted by Gasteiger charge is -2.15. The summed E-state index contributed by atoms with van der Waals surface area (Å²) in [7, 11) is 0. The molecule has 1 atom stereocenters. The first kappa shape index (κ1) is 12.1. The molecule has 0 saturated heterocycles. The van der Waals surface area contributed by atoms with Gasteiger partial charge in [-0.15, -0.1) is 0 Å². The highest BCUT2D eigenvalue weighted by Crippen LogP contribution is 2.31. The molecule has 0 amide bonds. The fourth-order valence-corrected chi connectivity index (χ4v) is 2.37. The maximum absolute atomic E-state index is 13.7. The largest absolute Gasteiger partial charge is 0.493 e. The Bertz CT molecular complexity index is 607. The van der Waals surface area contributed by atoms with Crippen molar-refractivity contribution >= 4 is 0 Å². The summed E-state index contributed by atoms with van der Waals surface area (Å²) in [6.45, 7) is 0.641. The van der Waals surface area contributed by atoms with Crippen molar-refractivity contribution in [1.29, 1.82) is 0 Å². The third kappa shape index (κ3) is 2.08. The second-order valence-electron chi connectivity index (χ2n) is 4.58. The molecule has 0 radical (unpaired) electrons. The molecule has 2 aromatic carbocycles. The number of hydrogen-bond acceptors (Lipinski definition) is 2. The van der Waals surface area contributed by atoms with E-state index < -0.39 is 17.7 Å². The van der Waals surface area contributed by atoms with E-state index in [0.29, 0.717) is 12.2 Å². The molecule has 0 fully saturated rings. The second-order valence-corrected chi connectivity index (χ2v) is 4.58. The van der Waals surface area contributed by atoms with E-state index >= 15 is 0 Å². The SMILES string of the molecule is NC(c1ccc2c(c1)CCO2)c1c(F)cccc1F. The molecule has 98 valence electrons. The predicted octanol–water partition coefficient (Wildman–Crippen LogP) is 2.95. The quantitative estimate of drug-likeness (QED) is 0.902. The fourth-order valence-electron chi connectivity index (χ4n) is 2.37. The Morgan fingerprint density at radius 2 is 1.84 bits per heavy atom. The highest BCUT2D eigenvalue weighted by molar-refractivity contribution is 5.43. The van der Waals surface area contributed by atoms with Crippen molar-refractivity contribution in [3.8, 4) is 5.75 Å². The van der Waals surface area contributed by atoms with E-state index in [0.717, 1.165) is 17.7 Å². The van der Waals surface area contributed by atoms with E-state index in [9.17, 15) is 8.78 Å². The maximum Gasteiger partial charge on any atom is 0.131 e. The topological polar surface area (TPSA) is 35.2 Å². The van der Waals surface area contributed by atoms with Gasteiger partial charge in [-0.05, 0) is 29.3 Å². The summed E-state index contributed by atoms with van der Waals surface area (Å²) >= 11 is 0. The van der Waals surface area contributed by atoms with Gasteiger partial charge in [0.1, 0.15) is 17.4 Å². The smallest absolute Gasteiger partial charge is 0.131 e. The van der Waals surface area contributed by atoms with Gasteiger partial charge in [-0.2, -0.15) is 0 Å². The van der Waals surface area contributed by atoms with Gasteiger partial charge in [-0.25, -0.2) is 8.78 Å². The van der Waals surface area contributed by atoms with E-state index in [1.807, 2.05) is 6.07 Å². The minimum Gasteiger partial charge on any atom is -0.493 e. The molecule has 1 unspecified atom stereocenters. The maximum atomic E-state index is 13.7. The molecule has 0 saturated carbocycles. The molecule has 2 N–H and O–H groups in total. The van der Waals surface area contributed by atoms with E-state index in [-0.39, 0.29) is 5.56 Å². The van der Waals surface area contributed by atoms with Crippen LogP contribution in [0.3, 0.4) is 0 Å². The van der Waals surface area contributed by atoms with Crippen molar-refractivity contribution in [2.45, 2.75) is 12.5 Å². The van der Waals surface area contributed by atoms with Crippen molar-refractivity contribution in [3.05, 3.63) is 64.7 Å². The van der Waals surface area contributed by atoms with E-state index in [1.165, 1.54) is 18.2 Å². The first-order valence-electron chi connectivity index (χ1n) is 6.12. The molecule has 1 aliphatic rings. The van der Waals surface area contributed by atoms with Gasteiger partial charge in [0, 0.05) is 12.0 Å². The van der Waals surface area contributed by atoms with Gasteiger partial charge < -0.3 is 10.5 Å². The zero-order valence-electron chi connectivity index (χ0n) is 10.2. The Kier molecular flexibility index (Phi) is 2.95. The van der Waals surface area contributed by atoms with Crippen molar-refractivity contribution in [2.24, 2.45) is 5.73 Å². The van der Waals surface area contributed by atoms with E-state index in [1.54, 1.807) is 12.1 Å². The molecule has 3 rings (SSSR count). The summed E-state index contributed by atoms with van der Waals surface area (Å²) in [6.07, 6.45) is 0.801. The molecule has 4 heteroatoms. The Morgan fingerprint density at radius 3 is 2.58 bits per heavy atom. The first-order chi connectivity index (χ1) is 9.16. The molecule has 2 aromatic rings. The van der Waals surface area contributed by atoms with Crippen molar-refractivity contribution < 1.29 is 13.5 Å². The molecule has 0 aromatic heterocycles. The Balaban J connectivity index is 2.02. The average Bonchev–Trinajstić information content (AvgIpc) is 2.85. The summed E-state index contributed by atoms with van der Waals surface area (Å²) in [5.41, 5.74) is 7.62. The van der Waals surface area contributed by atoms with Crippen LogP contribution in [0.1, 0.15) is 22.7 Å². The molecule has 0 aliphatic carbocycles. The highest BCUT2D eigenvalue weighted by Gasteiger charge is 2.20. The number of ether oxygens (including phenoxy) is 1. The van der Waals surface area contributed by atoms with E-state index in [2.05, 4.69) is 0 Å². The van der Waals surface area contributed by atoms with Crippen LogP contribution in [0, 0.1) is 11.6 Å². The van der Waals surface area contributed by atoms with Crippen LogP contribution in [0.4, 0.5) is 8.78 Å². The molecule has 19 heavy (non-hydrogen) atoms. The molecule has 2 nitrogen and oxygen atoms in total. The zero-order chi connectivity index (χ0) is 13.4. The lowest BCUT2D eigenvalue weighted by atomic mass is 9.96. The average molecular weight is 261 g/mol. The summed E-state index contributed by atoms with van der Waals surface area (Å²) in [5, 5.41) is 0. The summed E-state index contributed by atoms with van der Waals surface area (Å²) < 4.78 is 32.8. The Hall–Kier alpha value is -1.94. The second kappa shape index (κ2) is 4.63. The lowest BCUT2D eigenvalue weighted by molar-refractivity contribution is 0.357. The van der Waals surface area contributed by atoms with Gasteiger partial charge in [0.2, 0.25) is 0 Å². The summed E-state index contributed by atoms with van der Waals surface area (Å²) in [4.78, 5) is 0. The Labute approximate surface area is 109 Å². The van der Waals surface area contributed by atoms with Crippen molar-refractivity contribution in [1.82, 2.24) is 0 Å². The fraction of sp³-hybridized carbons (Fsp3) is 0.200. The van der Waals surface area contributed by atoms with Crippen LogP contribution in [-0.4, -0.2) is 6.61 Å². The molecule has 0 bridgehead atoms. The molecular formula is C15H13F2NO. The minimum atomic E-state index is -0.813. The monoisotopic (exact) mass is 261 g/mol. The summed E-state index contributed by atoms with van der Waals surface area (Å²) in [5.74, 6) is -0.418. The van der Waals surface area contributed by atoms with Crippen LogP contribution < -0.4 is 10.5 Å². The van der Waals surface area contributed by atoms with Crippen LogP contribution in [0.15, 0.2) is 36.4 Å². The van der Waals surface area contributed by atoms with Crippen molar-refractivity contribution in [3.63, 3.8) is 0 Å². The third-order valence-corrected chi connectivity index (χ3v) is 3.38. The van der Waals surface area contributed by atoms with Gasteiger partial charge in [0.15, 0.2) is 0 Å². The van der Waals surface area contributed by atoms with Gasteiger partial charge in [-0.3, -0.25) is 0 Å². The minimum absolute atomic E-state index is 0.0960. The van der Waals surface area contributed by atoms with Crippen molar-refractivity contribution in [2.75, 3.05) is 6.61 Å². The van der Waals surface area contributed by atoms with Gasteiger partial charge >= 0.3 is 0 Å². The predicted molar refractivity (Wildman–Crippen MR) is 68.0 cm³/mol. The number of hydrogen-bond donors (Lipinski definition) is 1. The number of rotatable bonds is 2. The standard InChI is InChI=1S/C15H13F2NO/c16-11-2-1-3-12(17)14(11)15(18)10-4-5-13-9(8-10)6-7-19-13/h1-5,8,15H,6-7,18H2. The zero-order valence-corrected chi connectivity index (χ0v) is 10.2. The number of fused-ring (bicyclic) bond motifs is 1. The molecular weight excluding hydrogens is 248 g/mol. The van der Waals surface area contributed by atoms with E-state index in [4.69, 9.17) is 10.5 Å². The van der Waals surface area contributed by atoms with Crippen LogP contribution in [0.5, 0.6) is 5.75 Å². The Morgan fingerprint density at radius 1 is 1.11 bits per heavy atom. The van der Waals surface area contributed by atoms with Crippen LogP contribution in [-0.2, 0) is 6.42 Å². The molecule has 1 heterocycles. The normalized spacial score (nSPS) is 14.9. The van der Waals surface area contributed by atoms with Crippen LogP contribution in [0.25, 0.3) is 0 Å². The highest BCUT2D eigenvalue weighted by atomic mass is 19.1. The first-order valence-corrected chi connectivity index (χ1v) is 6.12. The van der Waals surface area contributed by atoms with Gasteiger partial charge in [-0.1, -0.05) is 18.2 Å². The number of benzene rings is 2.